The molecule has 0 saturated carbocycles. The molecule has 8 heteroatoms. The monoisotopic (exact) mass is 485 g/mol. The lowest BCUT2D eigenvalue weighted by atomic mass is 10.1. The van der Waals surface area contributed by atoms with Crippen molar-refractivity contribution in [2.45, 2.75) is 20.4 Å². The Kier molecular flexibility index (Phi) is 8.72. The molecule has 0 aliphatic carbocycles. The van der Waals surface area contributed by atoms with Crippen molar-refractivity contribution in [1.29, 1.82) is 0 Å². The van der Waals surface area contributed by atoms with Crippen molar-refractivity contribution in [3.63, 3.8) is 0 Å². The molecule has 0 saturated heterocycles. The summed E-state index contributed by atoms with van der Waals surface area (Å²) in [7, 11) is 0. The van der Waals surface area contributed by atoms with Gasteiger partial charge in [0.2, 0.25) is 0 Å². The van der Waals surface area contributed by atoms with Gasteiger partial charge < -0.3 is 15.2 Å². The number of halogens is 2. The number of ether oxygens (including phenoxy) is 1. The highest BCUT2D eigenvalue weighted by molar-refractivity contribution is 6.32. The van der Waals surface area contributed by atoms with Gasteiger partial charge in [-0.3, -0.25) is 4.79 Å². The van der Waals surface area contributed by atoms with Crippen LogP contribution in [-0.4, -0.2) is 30.4 Å². The van der Waals surface area contributed by atoms with E-state index < -0.39 is 5.91 Å². The van der Waals surface area contributed by atoms with Crippen LogP contribution in [0.3, 0.4) is 0 Å². The number of nitrogens with one attached hydrogen (secondary N) is 2. The zero-order chi connectivity index (χ0) is 23.8. The van der Waals surface area contributed by atoms with Crippen molar-refractivity contribution in [2.24, 2.45) is 5.10 Å². The fraction of sp³-hybridized carbons (Fsp3) is 0.200. The number of amides is 1. The van der Waals surface area contributed by atoms with Crippen LogP contribution < -0.4 is 15.5 Å². The number of phenolic OH excluding ortho intramolecular Hbond substituents is 1. The lowest BCUT2D eigenvalue weighted by Gasteiger charge is -2.13. The lowest BCUT2D eigenvalue weighted by molar-refractivity contribution is 0.0955. The second kappa shape index (κ2) is 11.7. The first-order chi connectivity index (χ1) is 15.8. The fourth-order valence-corrected chi connectivity index (χ4v) is 3.53. The van der Waals surface area contributed by atoms with E-state index in [1.807, 2.05) is 50.2 Å². The molecule has 3 N–H and O–H groups in total. The van der Waals surface area contributed by atoms with E-state index in [4.69, 9.17) is 27.9 Å². The van der Waals surface area contributed by atoms with E-state index in [-0.39, 0.29) is 10.8 Å². The van der Waals surface area contributed by atoms with Crippen molar-refractivity contribution < 1.29 is 14.6 Å². The lowest BCUT2D eigenvalue weighted by Crippen LogP contribution is -2.21. The average molecular weight is 486 g/mol. The molecule has 172 valence electrons. The van der Waals surface area contributed by atoms with Gasteiger partial charge in [0.1, 0.15) is 18.1 Å². The van der Waals surface area contributed by atoms with Crippen LogP contribution in [0.15, 0.2) is 59.7 Å². The third-order valence-corrected chi connectivity index (χ3v) is 5.39. The van der Waals surface area contributed by atoms with Gasteiger partial charge in [-0.2, -0.15) is 5.10 Å². The highest BCUT2D eigenvalue weighted by atomic mass is 35.5. The summed E-state index contributed by atoms with van der Waals surface area (Å²) in [6.45, 7) is 5.93. The van der Waals surface area contributed by atoms with E-state index in [0.717, 1.165) is 39.6 Å². The van der Waals surface area contributed by atoms with Gasteiger partial charge in [0, 0.05) is 23.7 Å². The Bertz CT molecular complexity index is 1130. The summed E-state index contributed by atoms with van der Waals surface area (Å²) < 4.78 is 5.97. The molecule has 0 unspecified atom stereocenters. The summed E-state index contributed by atoms with van der Waals surface area (Å²) in [5, 5.41) is 17.6. The van der Waals surface area contributed by atoms with Crippen molar-refractivity contribution in [2.75, 3.05) is 13.2 Å². The van der Waals surface area contributed by atoms with Gasteiger partial charge in [-0.25, -0.2) is 5.43 Å². The molecule has 33 heavy (non-hydrogen) atoms. The number of hydrazone groups is 1. The molecule has 0 atom stereocenters. The molecule has 0 aromatic heterocycles. The van der Waals surface area contributed by atoms with E-state index in [0.29, 0.717) is 18.7 Å². The van der Waals surface area contributed by atoms with E-state index in [2.05, 4.69) is 15.8 Å². The number of benzene rings is 3. The molecule has 0 aliphatic rings. The minimum absolute atomic E-state index is 0.0812. The number of aryl methyl sites for hydroxylation is 2. The molecule has 0 fully saturated rings. The zero-order valence-corrected chi connectivity index (χ0v) is 19.9. The first-order valence-electron chi connectivity index (χ1n) is 10.3. The summed E-state index contributed by atoms with van der Waals surface area (Å²) in [4.78, 5) is 12.2. The van der Waals surface area contributed by atoms with Crippen LogP contribution in [0, 0.1) is 13.8 Å². The molecule has 0 bridgehead atoms. The highest BCUT2D eigenvalue weighted by Crippen LogP contribution is 2.25. The molecule has 3 rings (SSSR count). The molecule has 3 aromatic carbocycles. The third kappa shape index (κ3) is 7.22. The largest absolute Gasteiger partial charge is 0.506 e. The van der Waals surface area contributed by atoms with E-state index in [9.17, 15) is 9.90 Å². The first kappa shape index (κ1) is 24.6. The van der Waals surface area contributed by atoms with Gasteiger partial charge in [-0.05, 0) is 78.6 Å². The maximum Gasteiger partial charge on any atom is 0.271 e. The number of carbonyl (C=O) groups is 1. The number of hydrogen-bond donors (Lipinski definition) is 3. The van der Waals surface area contributed by atoms with Gasteiger partial charge in [-0.1, -0.05) is 35.3 Å². The van der Waals surface area contributed by atoms with Gasteiger partial charge >= 0.3 is 0 Å². The van der Waals surface area contributed by atoms with Crippen LogP contribution >= 0.6 is 23.2 Å². The molecule has 6 nitrogen and oxygen atoms in total. The van der Waals surface area contributed by atoms with Gasteiger partial charge in [0.05, 0.1) is 11.2 Å². The van der Waals surface area contributed by atoms with E-state index >= 15 is 0 Å². The third-order valence-electron chi connectivity index (χ3n) is 4.84. The first-order valence-corrected chi connectivity index (χ1v) is 11.1. The maximum atomic E-state index is 12.2. The second-order valence-corrected chi connectivity index (χ2v) is 8.34. The predicted molar refractivity (Wildman–Crippen MR) is 133 cm³/mol. The van der Waals surface area contributed by atoms with Gasteiger partial charge in [-0.15, -0.1) is 0 Å². The highest BCUT2D eigenvalue weighted by Gasteiger charge is 2.08. The number of rotatable bonds is 9. The van der Waals surface area contributed by atoms with E-state index in [1.54, 1.807) is 6.21 Å². The molecular weight excluding hydrogens is 461 g/mol. The number of aromatic hydroxyl groups is 1. The Morgan fingerprint density at radius 2 is 1.76 bits per heavy atom. The fourth-order valence-electron chi connectivity index (χ4n) is 3.22. The Labute approximate surface area is 203 Å². The molecule has 3 aromatic rings. The summed E-state index contributed by atoms with van der Waals surface area (Å²) in [5.41, 5.74) is 6.71. The van der Waals surface area contributed by atoms with Crippen molar-refractivity contribution in [1.82, 2.24) is 10.7 Å². The Morgan fingerprint density at radius 3 is 2.42 bits per heavy atom. The smallest absolute Gasteiger partial charge is 0.271 e. The summed E-state index contributed by atoms with van der Waals surface area (Å²) in [6, 6.07) is 15.8. The summed E-state index contributed by atoms with van der Waals surface area (Å²) in [5.74, 6) is 0.332. The number of hydrogen-bond acceptors (Lipinski definition) is 5. The van der Waals surface area contributed by atoms with Crippen LogP contribution in [0.2, 0.25) is 10.0 Å². The SMILES string of the molecule is Cc1cc(/C=N\NC(=O)c2ccc(O)c(Cl)c2)cc(C)c1OCCNCc1ccc(Cl)cc1. The number of carbonyl (C=O) groups excluding carboxylic acids is 1. The van der Waals surface area contributed by atoms with Gasteiger partial charge in [0.15, 0.2) is 0 Å². The molecular formula is C25H25Cl2N3O3. The quantitative estimate of drug-likeness (QED) is 0.219. The molecule has 0 heterocycles. The molecule has 0 radical (unpaired) electrons. The second-order valence-electron chi connectivity index (χ2n) is 7.50. The Morgan fingerprint density at radius 1 is 1.06 bits per heavy atom. The molecule has 1 amide bonds. The Balaban J connectivity index is 1.49. The van der Waals surface area contributed by atoms with Gasteiger partial charge in [0.25, 0.3) is 5.91 Å². The molecule has 0 spiro atoms. The minimum Gasteiger partial charge on any atom is -0.506 e. The number of phenols is 1. The normalized spacial score (nSPS) is 11.0. The zero-order valence-electron chi connectivity index (χ0n) is 18.4. The van der Waals surface area contributed by atoms with Crippen LogP contribution in [0.5, 0.6) is 11.5 Å². The standard InChI is InChI=1S/C25H25Cl2N3O3/c1-16-11-19(15-29-30-25(32)20-5-8-23(31)22(27)13-20)12-17(2)24(16)33-10-9-28-14-18-3-6-21(26)7-4-18/h3-8,11-13,15,28,31H,9-10,14H2,1-2H3,(H,30,32)/b29-15-. The Hall–Kier alpha value is -3.06. The van der Waals surface area contributed by atoms with Crippen molar-refractivity contribution in [3.05, 3.63) is 92.5 Å². The van der Waals surface area contributed by atoms with Crippen LogP contribution in [0.25, 0.3) is 0 Å². The summed E-state index contributed by atoms with van der Waals surface area (Å²) >= 11 is 11.7. The van der Waals surface area contributed by atoms with Crippen LogP contribution in [-0.2, 0) is 6.54 Å². The molecule has 0 aliphatic heterocycles. The van der Waals surface area contributed by atoms with Crippen molar-refractivity contribution >= 4 is 35.3 Å². The van der Waals surface area contributed by atoms with Crippen LogP contribution in [0.4, 0.5) is 0 Å². The number of nitrogens with zero attached hydrogens (tertiary/aromatic N) is 1. The van der Waals surface area contributed by atoms with Crippen LogP contribution in [0.1, 0.15) is 32.6 Å². The maximum absolute atomic E-state index is 12.2. The minimum atomic E-state index is -0.423. The topological polar surface area (TPSA) is 83.0 Å². The summed E-state index contributed by atoms with van der Waals surface area (Å²) in [6.07, 6.45) is 1.57. The van der Waals surface area contributed by atoms with Crippen molar-refractivity contribution in [3.8, 4) is 11.5 Å². The van der Waals surface area contributed by atoms with E-state index in [1.165, 1.54) is 18.2 Å². The average Bonchev–Trinajstić information content (AvgIpc) is 2.78. The predicted octanol–water partition coefficient (Wildman–Crippen LogP) is 5.25.